The Kier molecular flexibility index (Phi) is 4.96. The van der Waals surface area contributed by atoms with Gasteiger partial charge in [0.25, 0.3) is 0 Å². The SMILES string of the molecule is O=C(Nc1nc(-c2ccc3c(c2)CCO3)cs1)C1CC(=O)N(Cc2ccccc2)C1. The Morgan fingerprint density at radius 3 is 2.97 bits per heavy atom. The van der Waals surface area contributed by atoms with Gasteiger partial charge in [-0.25, -0.2) is 4.98 Å². The van der Waals surface area contributed by atoms with Crippen molar-refractivity contribution in [3.8, 4) is 17.0 Å². The highest BCUT2D eigenvalue weighted by Crippen LogP contribution is 2.32. The Hall–Kier alpha value is -3.19. The lowest BCUT2D eigenvalue weighted by Crippen LogP contribution is -2.28. The van der Waals surface area contributed by atoms with Crippen LogP contribution >= 0.6 is 11.3 Å². The van der Waals surface area contributed by atoms with E-state index in [1.54, 1.807) is 4.90 Å². The van der Waals surface area contributed by atoms with Gasteiger partial charge >= 0.3 is 0 Å². The van der Waals surface area contributed by atoms with Gasteiger partial charge in [-0.3, -0.25) is 9.59 Å². The molecule has 7 heteroatoms. The van der Waals surface area contributed by atoms with Gasteiger partial charge in [0.15, 0.2) is 5.13 Å². The summed E-state index contributed by atoms with van der Waals surface area (Å²) in [6, 6.07) is 15.9. The highest BCUT2D eigenvalue weighted by molar-refractivity contribution is 7.14. The molecule has 3 aromatic rings. The predicted octanol–water partition coefficient (Wildman–Crippen LogP) is 3.73. The molecule has 5 rings (SSSR count). The van der Waals surface area contributed by atoms with Gasteiger partial charge in [-0.2, -0.15) is 0 Å². The Morgan fingerprint density at radius 1 is 1.23 bits per heavy atom. The molecule has 2 aliphatic heterocycles. The Balaban J connectivity index is 1.22. The molecular formula is C23H21N3O3S. The van der Waals surface area contributed by atoms with E-state index < -0.39 is 0 Å². The molecule has 0 radical (unpaired) electrons. The first-order valence-electron chi connectivity index (χ1n) is 10.00. The number of hydrogen-bond donors (Lipinski definition) is 1. The molecule has 1 saturated heterocycles. The van der Waals surface area contributed by atoms with Crippen LogP contribution in [0.1, 0.15) is 17.5 Å². The minimum absolute atomic E-state index is 0.0131. The van der Waals surface area contributed by atoms with Gasteiger partial charge < -0.3 is 15.0 Å². The van der Waals surface area contributed by atoms with Crippen molar-refractivity contribution in [2.45, 2.75) is 19.4 Å². The molecule has 0 saturated carbocycles. The van der Waals surface area contributed by atoms with E-state index in [0.29, 0.717) is 18.2 Å². The third-order valence-corrected chi connectivity index (χ3v) is 6.28. The molecule has 0 aliphatic carbocycles. The van der Waals surface area contributed by atoms with Crippen LogP contribution in [0, 0.1) is 5.92 Å². The third kappa shape index (κ3) is 3.80. The maximum atomic E-state index is 12.7. The van der Waals surface area contributed by atoms with Gasteiger partial charge in [-0.1, -0.05) is 30.3 Å². The fourth-order valence-corrected chi connectivity index (χ4v) is 4.64. The average molecular weight is 420 g/mol. The van der Waals surface area contributed by atoms with E-state index in [0.717, 1.165) is 35.6 Å². The second-order valence-electron chi connectivity index (χ2n) is 7.61. The van der Waals surface area contributed by atoms with Crippen molar-refractivity contribution in [1.82, 2.24) is 9.88 Å². The lowest BCUT2D eigenvalue weighted by molar-refractivity contribution is -0.128. The number of nitrogens with zero attached hydrogens (tertiary/aromatic N) is 2. The van der Waals surface area contributed by atoms with Gasteiger partial charge in [0.05, 0.1) is 18.2 Å². The van der Waals surface area contributed by atoms with Crippen LogP contribution in [0.5, 0.6) is 5.75 Å². The summed E-state index contributed by atoms with van der Waals surface area (Å²) in [6.45, 7) is 1.69. The molecule has 152 valence electrons. The summed E-state index contributed by atoms with van der Waals surface area (Å²) in [5, 5.41) is 5.39. The first kappa shape index (κ1) is 18.8. The number of thiazole rings is 1. The Morgan fingerprint density at radius 2 is 2.10 bits per heavy atom. The van der Waals surface area contributed by atoms with Crippen LogP contribution in [0.2, 0.25) is 0 Å². The number of nitrogens with one attached hydrogen (secondary N) is 1. The van der Waals surface area contributed by atoms with Gasteiger partial charge in [0.1, 0.15) is 5.75 Å². The Labute approximate surface area is 178 Å². The third-order valence-electron chi connectivity index (χ3n) is 5.52. The number of anilines is 1. The van der Waals surface area contributed by atoms with E-state index in [4.69, 9.17) is 4.74 Å². The van der Waals surface area contributed by atoms with Crippen molar-refractivity contribution < 1.29 is 14.3 Å². The van der Waals surface area contributed by atoms with Crippen molar-refractivity contribution in [1.29, 1.82) is 0 Å². The fourth-order valence-electron chi connectivity index (χ4n) is 3.92. The van der Waals surface area contributed by atoms with Gasteiger partial charge in [0.2, 0.25) is 11.8 Å². The number of carbonyl (C=O) groups excluding carboxylic acids is 2. The van der Waals surface area contributed by atoms with Crippen LogP contribution in [0.25, 0.3) is 11.3 Å². The summed E-state index contributed by atoms with van der Waals surface area (Å²) in [5.74, 6) is 0.445. The van der Waals surface area contributed by atoms with Crippen LogP contribution in [0.15, 0.2) is 53.9 Å². The number of carbonyl (C=O) groups is 2. The van der Waals surface area contributed by atoms with Crippen LogP contribution in [0.3, 0.4) is 0 Å². The van der Waals surface area contributed by atoms with Crippen molar-refractivity contribution in [3.63, 3.8) is 0 Å². The van der Waals surface area contributed by atoms with Gasteiger partial charge in [-0.15, -0.1) is 11.3 Å². The van der Waals surface area contributed by atoms with E-state index in [-0.39, 0.29) is 24.2 Å². The number of fused-ring (bicyclic) bond motifs is 1. The molecule has 1 aromatic heterocycles. The standard InChI is InChI=1S/C23H21N3O3S/c27-21-11-18(13-26(21)12-15-4-2-1-3-5-15)22(28)25-23-24-19(14-30-23)16-6-7-20-17(10-16)8-9-29-20/h1-7,10,14,18H,8-9,11-13H2,(H,24,25,28). The summed E-state index contributed by atoms with van der Waals surface area (Å²) in [5.41, 5.74) is 4.10. The number of hydrogen-bond acceptors (Lipinski definition) is 5. The second kappa shape index (κ2) is 7.91. The lowest BCUT2D eigenvalue weighted by atomic mass is 10.1. The number of benzene rings is 2. The summed E-state index contributed by atoms with van der Waals surface area (Å²) in [6.07, 6.45) is 1.15. The van der Waals surface area contributed by atoms with E-state index in [1.165, 1.54) is 16.9 Å². The molecule has 1 atom stereocenters. The van der Waals surface area contributed by atoms with E-state index in [9.17, 15) is 9.59 Å². The fraction of sp³-hybridized carbons (Fsp3) is 0.261. The molecule has 2 aromatic carbocycles. The maximum Gasteiger partial charge on any atom is 0.231 e. The first-order chi connectivity index (χ1) is 14.7. The number of likely N-dealkylation sites (tertiary alicyclic amines) is 1. The van der Waals surface area contributed by atoms with Crippen LogP contribution in [-0.2, 0) is 22.6 Å². The van der Waals surface area contributed by atoms with Crippen molar-refractivity contribution >= 4 is 28.3 Å². The highest BCUT2D eigenvalue weighted by atomic mass is 32.1. The molecule has 0 bridgehead atoms. The number of aromatic nitrogens is 1. The topological polar surface area (TPSA) is 71.5 Å². The van der Waals surface area contributed by atoms with Gasteiger partial charge in [-0.05, 0) is 29.3 Å². The summed E-state index contributed by atoms with van der Waals surface area (Å²) < 4.78 is 5.55. The minimum atomic E-state index is -0.356. The molecule has 2 amide bonds. The molecule has 30 heavy (non-hydrogen) atoms. The van der Waals surface area contributed by atoms with Crippen molar-refractivity contribution in [2.75, 3.05) is 18.5 Å². The lowest BCUT2D eigenvalue weighted by Gasteiger charge is -2.16. The molecular weight excluding hydrogens is 398 g/mol. The molecule has 1 fully saturated rings. The molecule has 6 nitrogen and oxygen atoms in total. The van der Waals surface area contributed by atoms with E-state index in [1.807, 2.05) is 47.8 Å². The Bertz CT molecular complexity index is 1100. The number of amides is 2. The minimum Gasteiger partial charge on any atom is -0.493 e. The summed E-state index contributed by atoms with van der Waals surface area (Å²) in [7, 11) is 0. The van der Waals surface area contributed by atoms with Crippen molar-refractivity contribution in [3.05, 3.63) is 65.0 Å². The second-order valence-corrected chi connectivity index (χ2v) is 8.47. The normalized spacial score (nSPS) is 17.7. The monoisotopic (exact) mass is 419 g/mol. The summed E-state index contributed by atoms with van der Waals surface area (Å²) in [4.78, 5) is 31.4. The zero-order chi connectivity index (χ0) is 20.5. The van der Waals surface area contributed by atoms with Crippen LogP contribution in [-0.4, -0.2) is 34.8 Å². The summed E-state index contributed by atoms with van der Waals surface area (Å²) >= 11 is 1.40. The van der Waals surface area contributed by atoms with Crippen molar-refractivity contribution in [2.24, 2.45) is 5.92 Å². The molecule has 2 aliphatic rings. The predicted molar refractivity (Wildman–Crippen MR) is 115 cm³/mol. The van der Waals surface area contributed by atoms with Gasteiger partial charge in [0, 0.05) is 36.9 Å². The number of ether oxygens (including phenoxy) is 1. The maximum absolute atomic E-state index is 12.7. The molecule has 1 unspecified atom stereocenters. The van der Waals surface area contributed by atoms with E-state index in [2.05, 4.69) is 16.4 Å². The number of rotatable bonds is 5. The molecule has 1 N–H and O–H groups in total. The van der Waals surface area contributed by atoms with Crippen LogP contribution in [0.4, 0.5) is 5.13 Å². The largest absolute Gasteiger partial charge is 0.493 e. The smallest absolute Gasteiger partial charge is 0.231 e. The van der Waals surface area contributed by atoms with Crippen LogP contribution < -0.4 is 10.1 Å². The molecule has 0 spiro atoms. The first-order valence-corrected chi connectivity index (χ1v) is 10.9. The van der Waals surface area contributed by atoms with E-state index >= 15 is 0 Å². The zero-order valence-electron chi connectivity index (χ0n) is 16.3. The average Bonchev–Trinajstić information content (AvgIpc) is 3.49. The molecule has 3 heterocycles. The zero-order valence-corrected chi connectivity index (χ0v) is 17.2. The quantitative estimate of drug-likeness (QED) is 0.684. The highest BCUT2D eigenvalue weighted by Gasteiger charge is 2.34.